The zero-order valence-corrected chi connectivity index (χ0v) is 15.6. The molecule has 2 aromatic rings. The number of aliphatic carboxylic acids is 1. The number of hydrogen-bond donors (Lipinski definition) is 1. The van der Waals surface area contributed by atoms with Crippen molar-refractivity contribution in [1.82, 2.24) is 4.90 Å². The van der Waals surface area contributed by atoms with Gasteiger partial charge in [-0.15, -0.1) is 0 Å². The number of carbonyl (C=O) groups is 2. The van der Waals surface area contributed by atoms with Crippen LogP contribution in [0, 0.1) is 0 Å². The van der Waals surface area contributed by atoms with Crippen LogP contribution in [0.2, 0.25) is 0 Å². The van der Waals surface area contributed by atoms with Gasteiger partial charge in [-0.3, -0.25) is 4.79 Å². The van der Waals surface area contributed by atoms with Gasteiger partial charge in [0.15, 0.2) is 6.61 Å². The van der Waals surface area contributed by atoms with Crippen molar-refractivity contribution in [1.29, 1.82) is 0 Å². The minimum Gasteiger partial charge on any atom is -0.482 e. The molecule has 0 aliphatic heterocycles. The molecule has 3 rings (SSSR count). The highest BCUT2D eigenvalue weighted by molar-refractivity contribution is 5.77. The molecule has 5 heteroatoms. The molecule has 1 amide bonds. The molecule has 0 fully saturated rings. The summed E-state index contributed by atoms with van der Waals surface area (Å²) in [5, 5.41) is 8.64. The fourth-order valence-electron chi connectivity index (χ4n) is 3.63. The van der Waals surface area contributed by atoms with E-state index in [-0.39, 0.29) is 12.5 Å². The van der Waals surface area contributed by atoms with Crippen molar-refractivity contribution >= 4 is 11.9 Å². The first kappa shape index (κ1) is 19.0. The Balaban J connectivity index is 1.56. The van der Waals surface area contributed by atoms with E-state index in [9.17, 15) is 9.59 Å². The molecule has 5 nitrogen and oxygen atoms in total. The summed E-state index contributed by atoms with van der Waals surface area (Å²) in [6, 6.07) is 15.6. The molecule has 1 unspecified atom stereocenters. The minimum atomic E-state index is -1.01. The minimum absolute atomic E-state index is 0.142. The number of benzene rings is 2. The number of carboxylic acid groups (broad SMARTS) is 1. The third kappa shape index (κ3) is 5.09. The van der Waals surface area contributed by atoms with Gasteiger partial charge in [-0.1, -0.05) is 36.4 Å². The first-order chi connectivity index (χ1) is 13.0. The molecule has 1 aliphatic rings. The van der Waals surface area contributed by atoms with Crippen LogP contribution in [0.4, 0.5) is 0 Å². The Morgan fingerprint density at radius 1 is 1.15 bits per heavy atom. The van der Waals surface area contributed by atoms with Crippen LogP contribution < -0.4 is 4.74 Å². The normalized spacial score (nSPS) is 15.7. The topological polar surface area (TPSA) is 66.8 Å². The van der Waals surface area contributed by atoms with Crippen molar-refractivity contribution in [2.45, 2.75) is 38.1 Å². The zero-order valence-electron chi connectivity index (χ0n) is 15.6. The zero-order chi connectivity index (χ0) is 19.2. The molecular formula is C22H25NO4. The molecule has 142 valence electrons. The summed E-state index contributed by atoms with van der Waals surface area (Å²) in [5.74, 6) is -0.0535. The standard InChI is InChI=1S/C22H25NO4/c1-23(14-16-9-11-19(12-10-16)27-15-22(25)26)21(24)13-18-7-4-6-17-5-2-3-8-20(17)18/h2-3,5,8-12,18H,4,6-7,13-15H2,1H3,(H,25,26). The van der Waals surface area contributed by atoms with E-state index >= 15 is 0 Å². The number of amides is 1. The van der Waals surface area contributed by atoms with Gasteiger partial charge in [-0.25, -0.2) is 4.79 Å². The molecular weight excluding hydrogens is 342 g/mol. The van der Waals surface area contributed by atoms with E-state index < -0.39 is 5.97 Å². The van der Waals surface area contributed by atoms with Gasteiger partial charge in [0.05, 0.1) is 0 Å². The maximum absolute atomic E-state index is 12.7. The second-order valence-corrected chi connectivity index (χ2v) is 7.07. The maximum Gasteiger partial charge on any atom is 0.341 e. The Bertz CT molecular complexity index is 800. The summed E-state index contributed by atoms with van der Waals surface area (Å²) >= 11 is 0. The third-order valence-corrected chi connectivity index (χ3v) is 5.05. The van der Waals surface area contributed by atoms with Crippen LogP contribution >= 0.6 is 0 Å². The van der Waals surface area contributed by atoms with Crippen molar-refractivity contribution in [2.75, 3.05) is 13.7 Å². The molecule has 27 heavy (non-hydrogen) atoms. The summed E-state index contributed by atoms with van der Waals surface area (Å²) < 4.78 is 5.13. The smallest absolute Gasteiger partial charge is 0.341 e. The largest absolute Gasteiger partial charge is 0.482 e. The number of aryl methyl sites for hydroxylation is 1. The Labute approximate surface area is 159 Å². The number of hydrogen-bond acceptors (Lipinski definition) is 3. The van der Waals surface area contributed by atoms with Crippen LogP contribution in [0.3, 0.4) is 0 Å². The van der Waals surface area contributed by atoms with Crippen molar-refractivity contribution in [2.24, 2.45) is 0 Å². The Morgan fingerprint density at radius 2 is 1.89 bits per heavy atom. The van der Waals surface area contributed by atoms with E-state index in [1.54, 1.807) is 17.0 Å². The van der Waals surface area contributed by atoms with Gasteiger partial charge in [0.1, 0.15) is 5.75 Å². The molecule has 1 atom stereocenters. The predicted molar refractivity (Wildman–Crippen MR) is 103 cm³/mol. The Kier molecular flexibility index (Phi) is 6.12. The molecule has 0 saturated carbocycles. The highest BCUT2D eigenvalue weighted by Gasteiger charge is 2.23. The number of fused-ring (bicyclic) bond motifs is 1. The van der Waals surface area contributed by atoms with Gasteiger partial charge >= 0.3 is 5.97 Å². The maximum atomic E-state index is 12.7. The summed E-state index contributed by atoms with van der Waals surface area (Å²) in [4.78, 5) is 25.0. The molecule has 2 aromatic carbocycles. The lowest BCUT2D eigenvalue weighted by molar-refractivity contribution is -0.139. The van der Waals surface area contributed by atoms with E-state index in [4.69, 9.17) is 9.84 Å². The highest BCUT2D eigenvalue weighted by Crippen LogP contribution is 2.34. The average Bonchev–Trinajstić information content (AvgIpc) is 2.67. The quantitative estimate of drug-likeness (QED) is 0.812. The van der Waals surface area contributed by atoms with Crippen LogP contribution in [0.1, 0.15) is 41.9 Å². The van der Waals surface area contributed by atoms with Crippen molar-refractivity contribution < 1.29 is 19.4 Å². The van der Waals surface area contributed by atoms with E-state index in [1.165, 1.54) is 11.1 Å². The molecule has 0 bridgehead atoms. The second kappa shape index (κ2) is 8.71. The monoisotopic (exact) mass is 367 g/mol. The van der Waals surface area contributed by atoms with Gasteiger partial charge < -0.3 is 14.7 Å². The van der Waals surface area contributed by atoms with Crippen LogP contribution in [0.15, 0.2) is 48.5 Å². The molecule has 0 aromatic heterocycles. The Morgan fingerprint density at radius 3 is 2.63 bits per heavy atom. The van der Waals surface area contributed by atoms with Gasteiger partial charge in [0.2, 0.25) is 5.91 Å². The van der Waals surface area contributed by atoms with Gasteiger partial charge in [0, 0.05) is 20.0 Å². The summed E-state index contributed by atoms with van der Waals surface area (Å²) in [6.07, 6.45) is 3.84. The molecule has 1 N–H and O–H groups in total. The van der Waals surface area contributed by atoms with Crippen molar-refractivity contribution in [3.63, 3.8) is 0 Å². The third-order valence-electron chi connectivity index (χ3n) is 5.05. The fourth-order valence-corrected chi connectivity index (χ4v) is 3.63. The van der Waals surface area contributed by atoms with Crippen LogP contribution in [-0.2, 0) is 22.6 Å². The summed E-state index contributed by atoms with van der Waals surface area (Å²) in [7, 11) is 1.83. The lowest BCUT2D eigenvalue weighted by atomic mass is 9.81. The van der Waals surface area contributed by atoms with Gasteiger partial charge in [0.25, 0.3) is 0 Å². The lowest BCUT2D eigenvalue weighted by Crippen LogP contribution is -2.28. The van der Waals surface area contributed by atoms with Crippen molar-refractivity contribution in [3.8, 4) is 5.75 Å². The number of nitrogens with zero attached hydrogens (tertiary/aromatic N) is 1. The Hall–Kier alpha value is -2.82. The predicted octanol–water partition coefficient (Wildman–Crippen LogP) is 3.62. The summed E-state index contributed by atoms with van der Waals surface area (Å²) in [5.41, 5.74) is 3.68. The van der Waals surface area contributed by atoms with E-state index in [0.717, 1.165) is 24.8 Å². The summed E-state index contributed by atoms with van der Waals surface area (Å²) in [6.45, 7) is 0.160. The van der Waals surface area contributed by atoms with Crippen LogP contribution in [-0.4, -0.2) is 35.5 Å². The van der Waals surface area contributed by atoms with Crippen molar-refractivity contribution in [3.05, 3.63) is 65.2 Å². The number of carboxylic acids is 1. The number of ether oxygens (including phenoxy) is 1. The average molecular weight is 367 g/mol. The van der Waals surface area contributed by atoms with E-state index in [1.807, 2.05) is 19.2 Å². The molecule has 1 aliphatic carbocycles. The molecule has 0 saturated heterocycles. The number of carbonyl (C=O) groups excluding carboxylic acids is 1. The highest BCUT2D eigenvalue weighted by atomic mass is 16.5. The number of rotatable bonds is 7. The SMILES string of the molecule is CN(Cc1ccc(OCC(=O)O)cc1)C(=O)CC1CCCc2ccccc21. The molecule has 0 heterocycles. The van der Waals surface area contributed by atoms with Crippen LogP contribution in [0.25, 0.3) is 0 Å². The van der Waals surface area contributed by atoms with E-state index in [2.05, 4.69) is 24.3 Å². The van der Waals surface area contributed by atoms with Crippen LogP contribution in [0.5, 0.6) is 5.75 Å². The molecule has 0 spiro atoms. The first-order valence-corrected chi connectivity index (χ1v) is 9.28. The first-order valence-electron chi connectivity index (χ1n) is 9.28. The van der Waals surface area contributed by atoms with Gasteiger partial charge in [-0.05, 0) is 54.0 Å². The van der Waals surface area contributed by atoms with E-state index in [0.29, 0.717) is 24.6 Å². The van der Waals surface area contributed by atoms with Gasteiger partial charge in [-0.2, -0.15) is 0 Å². The fraction of sp³-hybridized carbons (Fsp3) is 0.364. The molecule has 0 radical (unpaired) electrons. The lowest BCUT2D eigenvalue weighted by Gasteiger charge is -2.27. The second-order valence-electron chi connectivity index (χ2n) is 7.07.